The molecule has 33 heavy (non-hydrogen) atoms. The fourth-order valence-corrected chi connectivity index (χ4v) is 3.91. The van der Waals surface area contributed by atoms with Gasteiger partial charge < -0.3 is 24.3 Å². The van der Waals surface area contributed by atoms with Crippen LogP contribution >= 0.6 is 0 Å². The molecule has 3 aromatic rings. The molecule has 2 N–H and O–H groups in total. The van der Waals surface area contributed by atoms with Crippen LogP contribution in [0.2, 0.25) is 0 Å². The van der Waals surface area contributed by atoms with Gasteiger partial charge in [0.1, 0.15) is 16.2 Å². The van der Waals surface area contributed by atoms with Crippen LogP contribution < -0.4 is 19.6 Å². The Kier molecular flexibility index (Phi) is 7.19. The van der Waals surface area contributed by atoms with Crippen molar-refractivity contribution in [3.63, 3.8) is 0 Å². The van der Waals surface area contributed by atoms with Crippen molar-refractivity contribution in [1.82, 2.24) is 0 Å². The zero-order valence-corrected chi connectivity index (χ0v) is 18.9. The summed E-state index contributed by atoms with van der Waals surface area (Å²) in [6, 6.07) is 16.2. The third-order valence-corrected chi connectivity index (χ3v) is 5.70. The molecular weight excluding hydrogens is 448 g/mol. The molecule has 0 saturated carbocycles. The number of urea groups is 1. The second kappa shape index (κ2) is 10.0. The second-order valence-corrected chi connectivity index (χ2v) is 8.41. The lowest BCUT2D eigenvalue weighted by Crippen LogP contribution is -2.20. The molecule has 0 saturated heterocycles. The molecule has 0 spiro atoms. The van der Waals surface area contributed by atoms with Crippen LogP contribution in [0, 0.1) is 6.92 Å². The number of hydrogen-bond donors (Lipinski definition) is 2. The van der Waals surface area contributed by atoms with E-state index in [1.807, 2.05) is 0 Å². The Bertz CT molecular complexity index is 1270. The van der Waals surface area contributed by atoms with E-state index in [0.717, 1.165) is 12.7 Å². The van der Waals surface area contributed by atoms with Gasteiger partial charge >= 0.3 is 22.1 Å². The standard InChI is InChI=1S/C23H22N2O7S/c1-15-5-4-6-19(13-15)33(28,29)32-21-12-9-17(14-20(21)22(26)31-3)25-23(27)24-16-7-10-18(30-2)11-8-16/h4-14H,1-3H3,(H2,24,25,27). The Morgan fingerprint density at radius 1 is 0.848 bits per heavy atom. The normalized spacial score (nSPS) is 10.8. The predicted molar refractivity (Wildman–Crippen MR) is 122 cm³/mol. The monoisotopic (exact) mass is 470 g/mol. The summed E-state index contributed by atoms with van der Waals surface area (Å²) in [4.78, 5) is 24.5. The van der Waals surface area contributed by atoms with Gasteiger partial charge in [0, 0.05) is 11.4 Å². The van der Waals surface area contributed by atoms with Gasteiger partial charge in [-0.3, -0.25) is 0 Å². The molecule has 9 nitrogen and oxygen atoms in total. The highest BCUT2D eigenvalue weighted by Gasteiger charge is 2.22. The van der Waals surface area contributed by atoms with Crippen LogP contribution in [-0.4, -0.2) is 34.6 Å². The lowest BCUT2D eigenvalue weighted by atomic mass is 10.2. The summed E-state index contributed by atoms with van der Waals surface area (Å²) in [6.07, 6.45) is 0. The van der Waals surface area contributed by atoms with Crippen molar-refractivity contribution in [2.24, 2.45) is 0 Å². The maximum atomic E-state index is 12.7. The van der Waals surface area contributed by atoms with Crippen LogP contribution in [0.3, 0.4) is 0 Å². The number of hydrogen-bond acceptors (Lipinski definition) is 7. The minimum Gasteiger partial charge on any atom is -0.497 e. The van der Waals surface area contributed by atoms with E-state index in [1.54, 1.807) is 43.3 Å². The highest BCUT2D eigenvalue weighted by molar-refractivity contribution is 7.87. The molecule has 0 aromatic heterocycles. The van der Waals surface area contributed by atoms with Crippen LogP contribution in [-0.2, 0) is 14.9 Å². The maximum absolute atomic E-state index is 12.7. The summed E-state index contributed by atoms with van der Waals surface area (Å²) in [6.45, 7) is 1.75. The molecule has 0 heterocycles. The van der Waals surface area contributed by atoms with Crippen LogP contribution in [0.5, 0.6) is 11.5 Å². The topological polar surface area (TPSA) is 120 Å². The van der Waals surface area contributed by atoms with E-state index >= 15 is 0 Å². The first kappa shape index (κ1) is 23.6. The lowest BCUT2D eigenvalue weighted by molar-refractivity contribution is 0.0599. The summed E-state index contributed by atoms with van der Waals surface area (Å²) < 4.78 is 40.3. The van der Waals surface area contributed by atoms with Crippen LogP contribution in [0.4, 0.5) is 16.2 Å². The predicted octanol–water partition coefficient (Wildman–Crippen LogP) is 4.20. The van der Waals surface area contributed by atoms with Gasteiger partial charge in [-0.2, -0.15) is 8.42 Å². The van der Waals surface area contributed by atoms with Gasteiger partial charge in [-0.1, -0.05) is 12.1 Å². The van der Waals surface area contributed by atoms with E-state index < -0.39 is 22.1 Å². The van der Waals surface area contributed by atoms with Gasteiger partial charge in [-0.05, 0) is 67.1 Å². The number of carbonyl (C=O) groups excluding carboxylic acids is 2. The molecule has 0 fully saturated rings. The van der Waals surface area contributed by atoms with Crippen molar-refractivity contribution in [2.45, 2.75) is 11.8 Å². The highest BCUT2D eigenvalue weighted by Crippen LogP contribution is 2.27. The average molecular weight is 471 g/mol. The molecular formula is C23H22N2O7S. The number of carbonyl (C=O) groups is 2. The average Bonchev–Trinajstić information content (AvgIpc) is 2.80. The number of nitrogens with one attached hydrogen (secondary N) is 2. The summed E-state index contributed by atoms with van der Waals surface area (Å²) >= 11 is 0. The zero-order valence-electron chi connectivity index (χ0n) is 18.1. The largest absolute Gasteiger partial charge is 0.497 e. The van der Waals surface area contributed by atoms with Gasteiger partial charge in [0.15, 0.2) is 5.75 Å². The maximum Gasteiger partial charge on any atom is 0.341 e. The number of aryl methyl sites for hydroxylation is 1. The number of rotatable bonds is 7. The molecule has 0 aliphatic carbocycles. The SMILES string of the molecule is COC(=O)c1cc(NC(=O)Nc2ccc(OC)cc2)ccc1OS(=O)(=O)c1cccc(C)c1. The van der Waals surface area contributed by atoms with Gasteiger partial charge in [0.25, 0.3) is 0 Å². The summed E-state index contributed by atoms with van der Waals surface area (Å²) in [5.74, 6) is -0.423. The number of methoxy groups -OCH3 is 2. The van der Waals surface area contributed by atoms with Crippen molar-refractivity contribution in [3.8, 4) is 11.5 Å². The Hall–Kier alpha value is -4.05. The van der Waals surface area contributed by atoms with E-state index in [9.17, 15) is 18.0 Å². The molecule has 10 heteroatoms. The molecule has 172 valence electrons. The van der Waals surface area contributed by atoms with Crippen molar-refractivity contribution in [1.29, 1.82) is 0 Å². The number of anilines is 2. The van der Waals surface area contributed by atoms with E-state index in [2.05, 4.69) is 10.6 Å². The number of benzene rings is 3. The minimum atomic E-state index is -4.20. The van der Waals surface area contributed by atoms with Crippen molar-refractivity contribution in [3.05, 3.63) is 77.9 Å². The Balaban J connectivity index is 1.81. The molecule has 0 unspecified atom stereocenters. The van der Waals surface area contributed by atoms with E-state index in [4.69, 9.17) is 13.7 Å². The van der Waals surface area contributed by atoms with E-state index in [1.165, 1.54) is 37.4 Å². The molecule has 3 aromatic carbocycles. The van der Waals surface area contributed by atoms with Crippen molar-refractivity contribution < 1.29 is 31.7 Å². The first-order valence-corrected chi connectivity index (χ1v) is 11.1. The number of ether oxygens (including phenoxy) is 2. The van der Waals surface area contributed by atoms with Crippen LogP contribution in [0.25, 0.3) is 0 Å². The number of amides is 2. The minimum absolute atomic E-state index is 0.0561. The first-order chi connectivity index (χ1) is 15.7. The molecule has 3 rings (SSSR count). The van der Waals surface area contributed by atoms with Crippen LogP contribution in [0.15, 0.2) is 71.6 Å². The molecule has 0 aliphatic rings. The van der Waals surface area contributed by atoms with Gasteiger partial charge in [0.2, 0.25) is 0 Å². The van der Waals surface area contributed by atoms with E-state index in [-0.39, 0.29) is 21.9 Å². The highest BCUT2D eigenvalue weighted by atomic mass is 32.2. The Morgan fingerprint density at radius 2 is 1.52 bits per heavy atom. The smallest absolute Gasteiger partial charge is 0.341 e. The van der Waals surface area contributed by atoms with Gasteiger partial charge in [-0.25, -0.2) is 9.59 Å². The molecule has 0 bridgehead atoms. The van der Waals surface area contributed by atoms with Gasteiger partial charge in [0.05, 0.1) is 14.2 Å². The summed E-state index contributed by atoms with van der Waals surface area (Å²) in [5, 5.41) is 5.21. The molecule has 0 atom stereocenters. The summed E-state index contributed by atoms with van der Waals surface area (Å²) in [7, 11) is -1.51. The van der Waals surface area contributed by atoms with Gasteiger partial charge in [-0.15, -0.1) is 0 Å². The van der Waals surface area contributed by atoms with E-state index in [0.29, 0.717) is 11.4 Å². The third-order valence-electron chi connectivity index (χ3n) is 4.47. The lowest BCUT2D eigenvalue weighted by Gasteiger charge is -2.13. The fourth-order valence-electron chi connectivity index (χ4n) is 2.85. The Morgan fingerprint density at radius 3 is 2.15 bits per heavy atom. The second-order valence-electron chi connectivity index (χ2n) is 6.86. The molecule has 0 radical (unpaired) electrons. The van der Waals surface area contributed by atoms with Crippen molar-refractivity contribution in [2.75, 3.05) is 24.9 Å². The molecule has 0 aliphatic heterocycles. The molecule has 2 amide bonds. The summed E-state index contributed by atoms with van der Waals surface area (Å²) in [5.41, 5.74) is 1.30. The fraction of sp³-hybridized carbons (Fsp3) is 0.130. The quantitative estimate of drug-likeness (QED) is 0.392. The Labute approximate surface area is 191 Å². The first-order valence-electron chi connectivity index (χ1n) is 9.67. The number of esters is 1. The zero-order chi connectivity index (χ0) is 24.0. The van der Waals surface area contributed by atoms with Crippen molar-refractivity contribution >= 4 is 33.5 Å². The van der Waals surface area contributed by atoms with Crippen LogP contribution in [0.1, 0.15) is 15.9 Å². The third kappa shape index (κ3) is 6.01.